The van der Waals surface area contributed by atoms with Crippen LogP contribution in [-0.4, -0.2) is 47.0 Å². The molecule has 4 rings (SSSR count). The van der Waals surface area contributed by atoms with Crippen molar-refractivity contribution in [3.05, 3.63) is 63.1 Å². The average molecular weight is 398 g/mol. The summed E-state index contributed by atoms with van der Waals surface area (Å²) in [5.41, 5.74) is 1.80. The van der Waals surface area contributed by atoms with E-state index in [9.17, 15) is 14.0 Å². The van der Waals surface area contributed by atoms with Crippen LogP contribution >= 0.6 is 0 Å². The van der Waals surface area contributed by atoms with Gasteiger partial charge in [-0.25, -0.2) is 9.37 Å². The first-order valence-electron chi connectivity index (χ1n) is 10.4. The number of carbonyl (C=O) groups is 1. The minimum absolute atomic E-state index is 0.145. The van der Waals surface area contributed by atoms with Crippen molar-refractivity contribution >= 4 is 5.91 Å². The van der Waals surface area contributed by atoms with Gasteiger partial charge in [0.25, 0.3) is 11.5 Å². The summed E-state index contributed by atoms with van der Waals surface area (Å²) in [6.07, 6.45) is 3.42. The zero-order valence-electron chi connectivity index (χ0n) is 16.7. The molecule has 1 aromatic carbocycles. The van der Waals surface area contributed by atoms with E-state index >= 15 is 0 Å². The summed E-state index contributed by atoms with van der Waals surface area (Å²) in [7, 11) is 0. The lowest BCUT2D eigenvalue weighted by molar-refractivity contribution is 0.0707. The van der Waals surface area contributed by atoms with E-state index in [1.165, 1.54) is 12.1 Å². The fourth-order valence-corrected chi connectivity index (χ4v) is 4.45. The molecule has 2 aliphatic rings. The first-order chi connectivity index (χ1) is 14.0. The second-order valence-corrected chi connectivity index (χ2v) is 8.20. The van der Waals surface area contributed by atoms with Crippen molar-refractivity contribution < 1.29 is 9.18 Å². The summed E-state index contributed by atoms with van der Waals surface area (Å²) < 4.78 is 14.4. The highest BCUT2D eigenvalue weighted by Gasteiger charge is 2.27. The fraction of sp³-hybridized carbons (Fsp3) is 0.500. The number of rotatable bonds is 4. The molecule has 0 radical (unpaired) electrons. The largest absolute Gasteiger partial charge is 0.339 e. The first-order valence-corrected chi connectivity index (χ1v) is 10.4. The first kappa shape index (κ1) is 19.8. The van der Waals surface area contributed by atoms with Gasteiger partial charge in [0.1, 0.15) is 11.6 Å². The van der Waals surface area contributed by atoms with E-state index in [1.54, 1.807) is 24.0 Å². The van der Waals surface area contributed by atoms with Gasteiger partial charge in [-0.1, -0.05) is 6.07 Å². The van der Waals surface area contributed by atoms with Crippen LogP contribution in [0.3, 0.4) is 0 Å². The number of halogens is 1. The fourth-order valence-electron chi connectivity index (χ4n) is 4.45. The lowest BCUT2D eigenvalue weighted by Gasteiger charge is -2.32. The van der Waals surface area contributed by atoms with Crippen molar-refractivity contribution in [3.63, 3.8) is 0 Å². The Morgan fingerprint density at radius 1 is 1.24 bits per heavy atom. The number of nitrogens with zero attached hydrogens (tertiary/aromatic N) is 2. The maximum Gasteiger partial charge on any atom is 0.256 e. The molecule has 0 saturated carbocycles. The molecule has 2 aliphatic heterocycles. The highest BCUT2D eigenvalue weighted by molar-refractivity contribution is 5.94. The Labute approximate surface area is 169 Å². The number of aromatic amines is 1. The Bertz CT molecular complexity index is 944. The lowest BCUT2D eigenvalue weighted by Crippen LogP contribution is -2.38. The lowest BCUT2D eigenvalue weighted by atomic mass is 9.92. The summed E-state index contributed by atoms with van der Waals surface area (Å²) in [5.74, 6) is 0.581. The van der Waals surface area contributed by atoms with Crippen LogP contribution in [0.15, 0.2) is 29.1 Å². The maximum absolute atomic E-state index is 14.4. The van der Waals surface area contributed by atoms with Gasteiger partial charge >= 0.3 is 0 Å². The van der Waals surface area contributed by atoms with Gasteiger partial charge < -0.3 is 15.2 Å². The number of carbonyl (C=O) groups excluding carboxylic acids is 1. The molecule has 154 valence electrons. The third-order valence-electron chi connectivity index (χ3n) is 6.03. The molecule has 1 atom stereocenters. The molecule has 0 aliphatic carbocycles. The quantitative estimate of drug-likeness (QED) is 0.829. The topological polar surface area (TPSA) is 78.1 Å². The number of hydrogen-bond acceptors (Lipinski definition) is 4. The second-order valence-electron chi connectivity index (χ2n) is 8.20. The van der Waals surface area contributed by atoms with Crippen LogP contribution in [0, 0.1) is 18.7 Å². The number of piperidine rings is 1. The third kappa shape index (κ3) is 4.56. The molecule has 29 heavy (non-hydrogen) atoms. The third-order valence-corrected chi connectivity index (χ3v) is 6.03. The minimum Gasteiger partial charge on any atom is -0.339 e. The van der Waals surface area contributed by atoms with Crippen molar-refractivity contribution in [2.24, 2.45) is 5.92 Å². The molecule has 2 aromatic rings. The van der Waals surface area contributed by atoms with E-state index in [2.05, 4.69) is 15.3 Å². The van der Waals surface area contributed by atoms with Crippen LogP contribution in [0.4, 0.5) is 4.39 Å². The number of hydrogen-bond donors (Lipinski definition) is 2. The zero-order chi connectivity index (χ0) is 20.4. The highest BCUT2D eigenvalue weighted by atomic mass is 19.1. The number of aryl methyl sites for hydroxylation is 1. The summed E-state index contributed by atoms with van der Waals surface area (Å²) in [6, 6.07) is 6.47. The smallest absolute Gasteiger partial charge is 0.256 e. The molecule has 6 nitrogen and oxygen atoms in total. The molecule has 3 heterocycles. The SMILES string of the molecule is Cc1nc(C2CCN(C(=O)c3cc(CC4CCNC4)ccc3F)CC2)cc(=O)[nH]1. The van der Waals surface area contributed by atoms with Crippen LogP contribution in [-0.2, 0) is 6.42 Å². The van der Waals surface area contributed by atoms with Crippen molar-refractivity contribution in [2.45, 2.75) is 38.5 Å². The number of nitrogens with one attached hydrogen (secondary N) is 2. The van der Waals surface area contributed by atoms with Crippen molar-refractivity contribution in [3.8, 4) is 0 Å². The van der Waals surface area contributed by atoms with Gasteiger partial charge in [-0.15, -0.1) is 0 Å². The molecule has 0 bridgehead atoms. The normalized spacial score (nSPS) is 20.2. The van der Waals surface area contributed by atoms with Crippen LogP contribution in [0.1, 0.15) is 52.6 Å². The second kappa shape index (κ2) is 8.45. The van der Waals surface area contributed by atoms with E-state index in [-0.39, 0.29) is 22.9 Å². The Morgan fingerprint density at radius 2 is 2.03 bits per heavy atom. The molecule has 0 spiro atoms. The van der Waals surface area contributed by atoms with Gasteiger partial charge in [0, 0.05) is 25.1 Å². The van der Waals surface area contributed by atoms with Gasteiger partial charge in [-0.2, -0.15) is 0 Å². The highest BCUT2D eigenvalue weighted by Crippen LogP contribution is 2.27. The molecule has 2 saturated heterocycles. The number of likely N-dealkylation sites (tertiary alicyclic amines) is 1. The predicted molar refractivity (Wildman–Crippen MR) is 109 cm³/mol. The molecule has 1 aromatic heterocycles. The van der Waals surface area contributed by atoms with E-state index in [4.69, 9.17) is 0 Å². The summed E-state index contributed by atoms with van der Waals surface area (Å²) in [5, 5.41) is 3.34. The Balaban J connectivity index is 1.43. The van der Waals surface area contributed by atoms with E-state index < -0.39 is 5.82 Å². The van der Waals surface area contributed by atoms with Crippen LogP contribution in [0.25, 0.3) is 0 Å². The molecular weight excluding hydrogens is 371 g/mol. The Morgan fingerprint density at radius 3 is 2.72 bits per heavy atom. The molecule has 1 unspecified atom stereocenters. The molecular formula is C22H27FN4O2. The van der Waals surface area contributed by atoms with E-state index in [0.717, 1.165) is 50.0 Å². The summed E-state index contributed by atoms with van der Waals surface area (Å²) >= 11 is 0. The molecule has 7 heteroatoms. The summed E-state index contributed by atoms with van der Waals surface area (Å²) in [4.78, 5) is 33.5. The van der Waals surface area contributed by atoms with Crippen LogP contribution in [0.5, 0.6) is 0 Å². The Hall–Kier alpha value is -2.54. The Kier molecular flexibility index (Phi) is 5.76. The summed E-state index contributed by atoms with van der Waals surface area (Å²) in [6.45, 7) is 4.83. The minimum atomic E-state index is -0.461. The number of H-pyrrole nitrogens is 1. The van der Waals surface area contributed by atoms with Crippen molar-refractivity contribution in [2.75, 3.05) is 26.2 Å². The van der Waals surface area contributed by atoms with Crippen LogP contribution in [0.2, 0.25) is 0 Å². The van der Waals surface area contributed by atoms with Gasteiger partial charge in [0.05, 0.1) is 11.3 Å². The van der Waals surface area contributed by atoms with E-state index in [1.807, 2.05) is 0 Å². The molecule has 2 fully saturated rings. The van der Waals surface area contributed by atoms with Crippen LogP contribution < -0.4 is 10.9 Å². The van der Waals surface area contributed by atoms with Crippen molar-refractivity contribution in [1.29, 1.82) is 0 Å². The number of amides is 1. The average Bonchev–Trinajstić information content (AvgIpc) is 3.21. The van der Waals surface area contributed by atoms with Crippen molar-refractivity contribution in [1.82, 2.24) is 20.2 Å². The monoisotopic (exact) mass is 398 g/mol. The van der Waals surface area contributed by atoms with Gasteiger partial charge in [-0.3, -0.25) is 9.59 Å². The predicted octanol–water partition coefficient (Wildman–Crippen LogP) is 2.39. The number of aromatic nitrogens is 2. The van der Waals surface area contributed by atoms with E-state index in [0.29, 0.717) is 24.8 Å². The molecule has 1 amide bonds. The number of benzene rings is 1. The van der Waals surface area contributed by atoms with Gasteiger partial charge in [0.15, 0.2) is 0 Å². The van der Waals surface area contributed by atoms with Gasteiger partial charge in [0.2, 0.25) is 0 Å². The zero-order valence-corrected chi connectivity index (χ0v) is 16.7. The standard InChI is InChI=1S/C22H27FN4O2/c1-14-25-20(12-21(28)26-14)17-5-8-27(9-6-17)22(29)18-11-15(2-3-19(18)23)10-16-4-7-24-13-16/h2-3,11-12,16-17,24H,4-10,13H2,1H3,(H,25,26,28). The van der Waals surface area contributed by atoms with Gasteiger partial charge in [-0.05, 0) is 69.3 Å². The maximum atomic E-state index is 14.4. The molecule has 2 N–H and O–H groups in total.